The number of nitrogens with two attached hydrogens (primary N) is 1. The molecule has 0 fully saturated rings. The maximum atomic E-state index is 12.2. The smallest absolute Gasteiger partial charge is 0.497 e. The third-order valence-corrected chi connectivity index (χ3v) is 3.24. The summed E-state index contributed by atoms with van der Waals surface area (Å²) in [7, 11) is 3.04. The molecule has 0 aromatic heterocycles. The summed E-state index contributed by atoms with van der Waals surface area (Å²) in [6.45, 7) is 0. The van der Waals surface area contributed by atoms with Crippen LogP contribution >= 0.6 is 12.4 Å². The van der Waals surface area contributed by atoms with E-state index in [4.69, 9.17) is 15.2 Å². The summed E-state index contributed by atoms with van der Waals surface area (Å²) in [6.07, 6.45) is -4.72. The lowest BCUT2D eigenvalue weighted by molar-refractivity contribution is -0.274. The van der Waals surface area contributed by atoms with Gasteiger partial charge in [0.2, 0.25) is 0 Å². The van der Waals surface area contributed by atoms with E-state index in [2.05, 4.69) is 4.74 Å². The Morgan fingerprint density at radius 2 is 1.50 bits per heavy atom. The second-order valence-electron chi connectivity index (χ2n) is 4.70. The van der Waals surface area contributed by atoms with E-state index in [0.717, 1.165) is 0 Å². The molecule has 0 saturated carbocycles. The zero-order valence-corrected chi connectivity index (χ0v) is 13.8. The molecule has 0 unspecified atom stereocenters. The van der Waals surface area contributed by atoms with Gasteiger partial charge < -0.3 is 19.9 Å². The first-order chi connectivity index (χ1) is 10.8. The molecule has 0 spiro atoms. The summed E-state index contributed by atoms with van der Waals surface area (Å²) in [6, 6.07) is 9.98. The minimum Gasteiger partial charge on any atom is -0.497 e. The lowest BCUT2D eigenvalue weighted by atomic mass is 9.98. The number of hydrogen-bond acceptors (Lipinski definition) is 4. The van der Waals surface area contributed by atoms with Crippen molar-refractivity contribution < 1.29 is 27.4 Å². The van der Waals surface area contributed by atoms with Crippen molar-refractivity contribution in [3.05, 3.63) is 53.6 Å². The molecule has 0 aliphatic rings. The van der Waals surface area contributed by atoms with E-state index in [1.165, 1.54) is 38.5 Å². The van der Waals surface area contributed by atoms with Crippen LogP contribution in [0.1, 0.15) is 17.2 Å². The summed E-state index contributed by atoms with van der Waals surface area (Å²) >= 11 is 0. The molecular weight excluding hydrogens is 347 g/mol. The fraction of sp³-hybridized carbons (Fsp3) is 0.250. The Morgan fingerprint density at radius 1 is 0.917 bits per heavy atom. The standard InChI is InChI=1S/C16H16F3NO3.ClH/c1-21-12-7-8-14(22-2)13(9-12)15(20)10-3-5-11(6-4-10)23-16(17,18)19;/h3-9,15H,20H2,1-2H3;1H/t15-;/m0./s1. The minimum absolute atomic E-state index is 0. The highest BCUT2D eigenvalue weighted by molar-refractivity contribution is 5.85. The number of alkyl halides is 3. The fourth-order valence-electron chi connectivity index (χ4n) is 2.14. The largest absolute Gasteiger partial charge is 0.573 e. The average Bonchev–Trinajstić information content (AvgIpc) is 2.52. The average molecular weight is 364 g/mol. The number of rotatable bonds is 5. The van der Waals surface area contributed by atoms with Crippen LogP contribution in [0.25, 0.3) is 0 Å². The highest BCUT2D eigenvalue weighted by Crippen LogP contribution is 2.32. The summed E-state index contributed by atoms with van der Waals surface area (Å²) in [5.41, 5.74) is 7.48. The van der Waals surface area contributed by atoms with E-state index < -0.39 is 12.4 Å². The first kappa shape index (κ1) is 19.9. The van der Waals surface area contributed by atoms with Gasteiger partial charge in [-0.1, -0.05) is 12.1 Å². The molecule has 0 saturated heterocycles. The lowest BCUT2D eigenvalue weighted by Crippen LogP contribution is -2.17. The van der Waals surface area contributed by atoms with Crippen LogP contribution in [0.2, 0.25) is 0 Å². The maximum absolute atomic E-state index is 12.2. The van der Waals surface area contributed by atoms with Gasteiger partial charge in [0.05, 0.1) is 20.3 Å². The molecule has 2 N–H and O–H groups in total. The van der Waals surface area contributed by atoms with Crippen LogP contribution < -0.4 is 19.9 Å². The highest BCUT2D eigenvalue weighted by atomic mass is 35.5. The van der Waals surface area contributed by atoms with Gasteiger partial charge in [0.25, 0.3) is 0 Å². The number of benzene rings is 2. The molecule has 0 amide bonds. The van der Waals surface area contributed by atoms with Crippen LogP contribution in [0.4, 0.5) is 13.2 Å². The molecular formula is C16H17ClF3NO3. The molecule has 0 heterocycles. The van der Waals surface area contributed by atoms with Gasteiger partial charge in [-0.2, -0.15) is 0 Å². The maximum Gasteiger partial charge on any atom is 0.573 e. The van der Waals surface area contributed by atoms with Crippen LogP contribution in [0.5, 0.6) is 17.2 Å². The fourth-order valence-corrected chi connectivity index (χ4v) is 2.14. The third-order valence-electron chi connectivity index (χ3n) is 3.24. The third kappa shape index (κ3) is 4.94. The van der Waals surface area contributed by atoms with Crippen molar-refractivity contribution in [2.24, 2.45) is 5.73 Å². The van der Waals surface area contributed by atoms with Gasteiger partial charge in [0.1, 0.15) is 17.2 Å². The lowest BCUT2D eigenvalue weighted by Gasteiger charge is -2.18. The summed E-state index contributed by atoms with van der Waals surface area (Å²) in [5.74, 6) is 0.869. The van der Waals surface area contributed by atoms with E-state index in [-0.39, 0.29) is 18.2 Å². The summed E-state index contributed by atoms with van der Waals surface area (Å²) in [4.78, 5) is 0. The van der Waals surface area contributed by atoms with Crippen molar-refractivity contribution in [3.8, 4) is 17.2 Å². The molecule has 2 aromatic rings. The Labute approximate surface area is 143 Å². The molecule has 2 rings (SSSR count). The first-order valence-corrected chi connectivity index (χ1v) is 6.67. The number of methoxy groups -OCH3 is 2. The van der Waals surface area contributed by atoms with E-state index in [1.54, 1.807) is 18.2 Å². The summed E-state index contributed by atoms with van der Waals surface area (Å²) < 4.78 is 50.8. The normalized spacial score (nSPS) is 12.1. The number of hydrogen-bond donors (Lipinski definition) is 1. The molecule has 132 valence electrons. The Bertz CT molecular complexity index is 663. The van der Waals surface area contributed by atoms with E-state index in [9.17, 15) is 13.2 Å². The van der Waals surface area contributed by atoms with Crippen molar-refractivity contribution in [2.45, 2.75) is 12.4 Å². The van der Waals surface area contributed by atoms with Gasteiger partial charge in [0.15, 0.2) is 0 Å². The van der Waals surface area contributed by atoms with Crippen molar-refractivity contribution in [1.82, 2.24) is 0 Å². The first-order valence-electron chi connectivity index (χ1n) is 6.67. The van der Waals surface area contributed by atoms with E-state index in [0.29, 0.717) is 22.6 Å². The quantitative estimate of drug-likeness (QED) is 0.870. The zero-order valence-electron chi connectivity index (χ0n) is 13.0. The Balaban J connectivity index is 0.00000288. The molecule has 8 heteroatoms. The molecule has 0 aliphatic heterocycles. The van der Waals surface area contributed by atoms with Gasteiger partial charge >= 0.3 is 6.36 Å². The number of halogens is 4. The predicted molar refractivity (Wildman–Crippen MR) is 85.9 cm³/mol. The second-order valence-corrected chi connectivity index (χ2v) is 4.70. The van der Waals surface area contributed by atoms with Crippen molar-refractivity contribution in [3.63, 3.8) is 0 Å². The summed E-state index contributed by atoms with van der Waals surface area (Å²) in [5, 5.41) is 0. The van der Waals surface area contributed by atoms with Crippen LogP contribution in [0.3, 0.4) is 0 Å². The topological polar surface area (TPSA) is 53.7 Å². The van der Waals surface area contributed by atoms with Crippen molar-refractivity contribution in [2.75, 3.05) is 14.2 Å². The van der Waals surface area contributed by atoms with E-state index in [1.807, 2.05) is 0 Å². The molecule has 24 heavy (non-hydrogen) atoms. The zero-order chi connectivity index (χ0) is 17.0. The molecule has 1 atom stereocenters. The molecule has 0 bridgehead atoms. The van der Waals surface area contributed by atoms with Crippen LogP contribution in [-0.4, -0.2) is 20.6 Å². The van der Waals surface area contributed by atoms with Crippen molar-refractivity contribution >= 4 is 12.4 Å². The van der Waals surface area contributed by atoms with Gasteiger partial charge in [-0.05, 0) is 35.9 Å². The van der Waals surface area contributed by atoms with Gasteiger partial charge in [0, 0.05) is 5.56 Å². The molecule has 2 aromatic carbocycles. The van der Waals surface area contributed by atoms with Gasteiger partial charge in [-0.15, -0.1) is 25.6 Å². The Hall–Kier alpha value is -2.12. The molecule has 0 radical (unpaired) electrons. The Kier molecular flexibility index (Phi) is 6.74. The monoisotopic (exact) mass is 363 g/mol. The predicted octanol–water partition coefficient (Wildman–Crippen LogP) is 4.07. The highest BCUT2D eigenvalue weighted by Gasteiger charge is 2.31. The minimum atomic E-state index is -4.72. The second kappa shape index (κ2) is 8.12. The van der Waals surface area contributed by atoms with Crippen molar-refractivity contribution in [1.29, 1.82) is 0 Å². The van der Waals surface area contributed by atoms with Crippen LogP contribution in [-0.2, 0) is 0 Å². The van der Waals surface area contributed by atoms with Gasteiger partial charge in [-0.3, -0.25) is 0 Å². The van der Waals surface area contributed by atoms with Gasteiger partial charge in [-0.25, -0.2) is 0 Å². The molecule has 4 nitrogen and oxygen atoms in total. The van der Waals surface area contributed by atoms with Crippen LogP contribution in [0.15, 0.2) is 42.5 Å². The van der Waals surface area contributed by atoms with Crippen LogP contribution in [0, 0.1) is 0 Å². The SMILES string of the molecule is COc1ccc(OC)c([C@@H](N)c2ccc(OC(F)(F)F)cc2)c1.Cl. The Morgan fingerprint density at radius 3 is 2.00 bits per heavy atom. The van der Waals surface area contributed by atoms with E-state index >= 15 is 0 Å². The molecule has 0 aliphatic carbocycles. The number of ether oxygens (including phenoxy) is 3.